The lowest BCUT2D eigenvalue weighted by molar-refractivity contribution is 0.154. The molecule has 1 N–H and O–H groups in total. The third-order valence-corrected chi connectivity index (χ3v) is 8.92. The molecule has 2 aliphatic carbocycles. The average molecular weight is 444 g/mol. The first-order chi connectivity index (χ1) is 14.9. The normalized spacial score (nSPS) is 36.2. The number of rotatable bonds is 4. The zero-order chi connectivity index (χ0) is 23.5. The summed E-state index contributed by atoms with van der Waals surface area (Å²) in [5, 5.41) is 3.96. The first-order valence-electron chi connectivity index (χ1n) is 13.8. The molecule has 32 heavy (non-hydrogen) atoms. The second kappa shape index (κ2) is 10.7. The van der Waals surface area contributed by atoms with Crippen molar-refractivity contribution >= 4 is 11.4 Å². The van der Waals surface area contributed by atoms with Crippen molar-refractivity contribution in [1.82, 2.24) is 5.32 Å². The van der Waals surface area contributed by atoms with Gasteiger partial charge in [-0.3, -0.25) is 9.98 Å². The molecule has 184 valence electrons. The summed E-state index contributed by atoms with van der Waals surface area (Å²) >= 11 is 0. The minimum atomic E-state index is 0.354. The molecule has 4 unspecified atom stereocenters. The Hall–Kier alpha value is -0.700. The highest BCUT2D eigenvalue weighted by atomic mass is 15.0. The van der Waals surface area contributed by atoms with E-state index in [4.69, 9.17) is 9.98 Å². The molecule has 0 aromatic rings. The fourth-order valence-corrected chi connectivity index (χ4v) is 6.67. The Balaban J connectivity index is 1.59. The van der Waals surface area contributed by atoms with Gasteiger partial charge in [-0.1, -0.05) is 54.4 Å². The largest absolute Gasteiger partial charge is 0.301 e. The van der Waals surface area contributed by atoms with Gasteiger partial charge >= 0.3 is 0 Å². The molecule has 0 bridgehead atoms. The molecule has 3 nitrogen and oxygen atoms in total. The number of aliphatic imine (C=N–C) groups is 2. The monoisotopic (exact) mass is 443 g/mol. The summed E-state index contributed by atoms with van der Waals surface area (Å²) in [4.78, 5) is 10.6. The zero-order valence-electron chi connectivity index (χ0n) is 22.6. The third-order valence-electron chi connectivity index (χ3n) is 8.92. The van der Waals surface area contributed by atoms with Gasteiger partial charge in [-0.25, -0.2) is 0 Å². The topological polar surface area (TPSA) is 36.8 Å². The summed E-state index contributed by atoms with van der Waals surface area (Å²) in [6.45, 7) is 19.0. The second-order valence-electron chi connectivity index (χ2n) is 13.4. The predicted octanol–water partition coefficient (Wildman–Crippen LogP) is 7.63. The molecule has 1 aliphatic heterocycles. The summed E-state index contributed by atoms with van der Waals surface area (Å²) < 4.78 is 0. The van der Waals surface area contributed by atoms with E-state index < -0.39 is 0 Å². The van der Waals surface area contributed by atoms with E-state index in [9.17, 15) is 0 Å². The number of hydrogen-bond acceptors (Lipinski definition) is 3. The summed E-state index contributed by atoms with van der Waals surface area (Å²) in [5.74, 6) is 1.58. The van der Waals surface area contributed by atoms with E-state index in [-0.39, 0.29) is 0 Å². The standard InChI is InChI=1S/C29H53N3/c1-20(30-23-18-16-22(17-19-23)28(3,4)5)25-14-11-15-26(32-25)21(2)31-27-13-10-9-12-24(27)29(6,7)8/h22-27,32H,9-19H2,1-8H3. The number of nitrogens with zero attached hydrogens (tertiary/aromatic N) is 2. The Morgan fingerprint density at radius 2 is 1.19 bits per heavy atom. The van der Waals surface area contributed by atoms with Crippen molar-refractivity contribution in [3.63, 3.8) is 0 Å². The molecule has 3 aliphatic rings. The molecule has 0 aromatic heterocycles. The molecule has 2 saturated carbocycles. The quantitative estimate of drug-likeness (QED) is 0.445. The number of hydrogen-bond donors (Lipinski definition) is 1. The van der Waals surface area contributed by atoms with Crippen molar-refractivity contribution in [3.05, 3.63) is 0 Å². The van der Waals surface area contributed by atoms with E-state index in [0.29, 0.717) is 35.0 Å². The maximum atomic E-state index is 5.36. The van der Waals surface area contributed by atoms with E-state index in [2.05, 4.69) is 60.7 Å². The molecule has 0 amide bonds. The third kappa shape index (κ3) is 6.90. The average Bonchev–Trinajstić information content (AvgIpc) is 2.73. The van der Waals surface area contributed by atoms with Crippen molar-refractivity contribution in [3.8, 4) is 0 Å². The van der Waals surface area contributed by atoms with Gasteiger partial charge in [0.05, 0.1) is 6.04 Å². The van der Waals surface area contributed by atoms with Gasteiger partial charge in [0.2, 0.25) is 0 Å². The van der Waals surface area contributed by atoms with Crippen LogP contribution in [0.15, 0.2) is 9.98 Å². The van der Waals surface area contributed by atoms with Gasteiger partial charge in [-0.2, -0.15) is 0 Å². The molecule has 0 spiro atoms. The number of nitrogens with one attached hydrogen (secondary N) is 1. The van der Waals surface area contributed by atoms with Crippen LogP contribution in [0.2, 0.25) is 0 Å². The molecule has 0 radical (unpaired) electrons. The minimum Gasteiger partial charge on any atom is -0.301 e. The summed E-state index contributed by atoms with van der Waals surface area (Å²) in [7, 11) is 0. The van der Waals surface area contributed by atoms with Crippen molar-refractivity contribution < 1.29 is 0 Å². The van der Waals surface area contributed by atoms with E-state index in [0.717, 1.165) is 11.8 Å². The molecular weight excluding hydrogens is 390 g/mol. The minimum absolute atomic E-state index is 0.354. The molecule has 3 rings (SSSR count). The van der Waals surface area contributed by atoms with Gasteiger partial charge < -0.3 is 5.32 Å². The van der Waals surface area contributed by atoms with Crippen molar-refractivity contribution in [2.45, 2.75) is 150 Å². The van der Waals surface area contributed by atoms with Crippen molar-refractivity contribution in [1.29, 1.82) is 0 Å². The highest BCUT2D eigenvalue weighted by Crippen LogP contribution is 2.40. The Kier molecular flexibility index (Phi) is 8.67. The van der Waals surface area contributed by atoms with Crippen molar-refractivity contribution in [2.75, 3.05) is 0 Å². The molecular formula is C29H53N3. The second-order valence-corrected chi connectivity index (χ2v) is 13.4. The van der Waals surface area contributed by atoms with Gasteiger partial charge in [0.15, 0.2) is 0 Å². The van der Waals surface area contributed by atoms with Gasteiger partial charge in [0.25, 0.3) is 0 Å². The van der Waals surface area contributed by atoms with Crippen LogP contribution in [0.3, 0.4) is 0 Å². The number of piperidine rings is 1. The fourth-order valence-electron chi connectivity index (χ4n) is 6.67. The Morgan fingerprint density at radius 1 is 0.625 bits per heavy atom. The van der Waals surface area contributed by atoms with Crippen LogP contribution in [-0.2, 0) is 0 Å². The molecule has 0 aromatic carbocycles. The van der Waals surface area contributed by atoms with Crippen LogP contribution in [0, 0.1) is 22.7 Å². The van der Waals surface area contributed by atoms with Crippen molar-refractivity contribution in [2.24, 2.45) is 32.7 Å². The summed E-state index contributed by atoms with van der Waals surface area (Å²) in [6.07, 6.45) is 14.3. The van der Waals surface area contributed by atoms with Crippen LogP contribution >= 0.6 is 0 Å². The van der Waals surface area contributed by atoms with Crippen LogP contribution in [-0.4, -0.2) is 35.6 Å². The Bertz CT molecular complexity index is 655. The lowest BCUT2D eigenvalue weighted by Crippen LogP contribution is -2.50. The zero-order valence-corrected chi connectivity index (χ0v) is 22.6. The fraction of sp³-hybridized carbons (Fsp3) is 0.931. The summed E-state index contributed by atoms with van der Waals surface area (Å²) in [6, 6.07) is 1.92. The smallest absolute Gasteiger partial charge is 0.0532 e. The van der Waals surface area contributed by atoms with Crippen LogP contribution in [0.1, 0.15) is 126 Å². The Morgan fingerprint density at radius 3 is 1.75 bits per heavy atom. The SMILES string of the molecule is CC(=NC1CCC(C(C)(C)C)CC1)C1CCCC(C(C)=NC2CCCCC2C(C)(C)C)N1. The van der Waals surface area contributed by atoms with Crippen LogP contribution in [0.4, 0.5) is 0 Å². The maximum Gasteiger partial charge on any atom is 0.0532 e. The predicted molar refractivity (Wildman–Crippen MR) is 141 cm³/mol. The summed E-state index contributed by atoms with van der Waals surface area (Å²) in [5.41, 5.74) is 3.48. The van der Waals surface area contributed by atoms with Gasteiger partial charge in [-0.05, 0) is 94.3 Å². The van der Waals surface area contributed by atoms with Crippen LogP contribution < -0.4 is 5.32 Å². The van der Waals surface area contributed by atoms with E-state index in [1.54, 1.807) is 0 Å². The first-order valence-corrected chi connectivity index (χ1v) is 13.8. The highest BCUT2D eigenvalue weighted by molar-refractivity contribution is 5.91. The van der Waals surface area contributed by atoms with Gasteiger partial charge in [0.1, 0.15) is 0 Å². The van der Waals surface area contributed by atoms with E-state index in [1.165, 1.54) is 82.1 Å². The molecule has 4 atom stereocenters. The van der Waals surface area contributed by atoms with Crippen LogP contribution in [0.5, 0.6) is 0 Å². The molecule has 1 heterocycles. The first kappa shape index (κ1) is 25.9. The molecule has 3 heteroatoms. The lowest BCUT2D eigenvalue weighted by Gasteiger charge is -2.39. The highest BCUT2D eigenvalue weighted by Gasteiger charge is 2.35. The van der Waals surface area contributed by atoms with E-state index >= 15 is 0 Å². The van der Waals surface area contributed by atoms with Gasteiger partial charge in [0, 0.05) is 29.5 Å². The van der Waals surface area contributed by atoms with Gasteiger partial charge in [-0.15, -0.1) is 0 Å². The van der Waals surface area contributed by atoms with Crippen LogP contribution in [0.25, 0.3) is 0 Å². The molecule has 3 fully saturated rings. The maximum absolute atomic E-state index is 5.36. The molecule has 1 saturated heterocycles. The Labute approximate surface area is 199 Å². The van der Waals surface area contributed by atoms with E-state index in [1.807, 2.05) is 0 Å². The lowest BCUT2D eigenvalue weighted by atomic mass is 9.69.